The Balaban J connectivity index is 4.79. The van der Waals surface area contributed by atoms with E-state index in [1.54, 1.807) is 0 Å². The van der Waals surface area contributed by atoms with Crippen LogP contribution in [0.4, 0.5) is 0 Å². The van der Waals surface area contributed by atoms with E-state index in [2.05, 4.69) is 53.7 Å². The zero-order chi connectivity index (χ0) is 12.1. The maximum atomic E-state index is 6.52. The lowest BCUT2D eigenvalue weighted by molar-refractivity contribution is 0.240. The minimum absolute atomic E-state index is 0.107. The SMILES string of the molecule is [B]C(C)(CC(C)CC)C(C)(/C=C/C)CC. The van der Waals surface area contributed by atoms with Gasteiger partial charge in [0.2, 0.25) is 0 Å². The molecule has 0 heterocycles. The molecule has 0 aromatic heterocycles. The number of hydrogen-bond donors (Lipinski definition) is 0. The van der Waals surface area contributed by atoms with Gasteiger partial charge in [-0.1, -0.05) is 64.9 Å². The maximum Gasteiger partial charge on any atom is 0.0754 e. The van der Waals surface area contributed by atoms with Gasteiger partial charge >= 0.3 is 0 Å². The Morgan fingerprint density at radius 2 is 1.80 bits per heavy atom. The second kappa shape index (κ2) is 5.77. The minimum atomic E-state index is -0.107. The Hall–Kier alpha value is -0.195. The molecule has 0 saturated heterocycles. The van der Waals surface area contributed by atoms with Crippen LogP contribution in [0.2, 0.25) is 5.31 Å². The minimum Gasteiger partial charge on any atom is -0.0911 e. The molecule has 0 spiro atoms. The van der Waals surface area contributed by atoms with Gasteiger partial charge in [0, 0.05) is 0 Å². The smallest absolute Gasteiger partial charge is 0.0754 e. The molecule has 1 heteroatoms. The van der Waals surface area contributed by atoms with Crippen LogP contribution in [0.25, 0.3) is 0 Å². The molecule has 2 radical (unpaired) electrons. The van der Waals surface area contributed by atoms with Crippen molar-refractivity contribution in [3.8, 4) is 0 Å². The van der Waals surface area contributed by atoms with Crippen LogP contribution in [0.15, 0.2) is 12.2 Å². The highest BCUT2D eigenvalue weighted by Gasteiger charge is 2.37. The van der Waals surface area contributed by atoms with Crippen LogP contribution in [-0.4, -0.2) is 7.85 Å². The van der Waals surface area contributed by atoms with E-state index in [1.807, 2.05) is 0 Å². The van der Waals surface area contributed by atoms with E-state index in [0.29, 0.717) is 5.92 Å². The van der Waals surface area contributed by atoms with Gasteiger partial charge in [0.25, 0.3) is 0 Å². The quantitative estimate of drug-likeness (QED) is 0.434. The fourth-order valence-electron chi connectivity index (χ4n) is 2.18. The van der Waals surface area contributed by atoms with Crippen LogP contribution in [0.5, 0.6) is 0 Å². The molecule has 0 amide bonds. The normalized spacial score (nSPS) is 22.3. The second-order valence-corrected chi connectivity index (χ2v) is 5.41. The van der Waals surface area contributed by atoms with E-state index < -0.39 is 0 Å². The van der Waals surface area contributed by atoms with Gasteiger partial charge in [-0.3, -0.25) is 0 Å². The van der Waals surface area contributed by atoms with Gasteiger partial charge in [-0.05, 0) is 24.7 Å². The first-order chi connectivity index (χ1) is 6.83. The summed E-state index contributed by atoms with van der Waals surface area (Å²) >= 11 is 0. The van der Waals surface area contributed by atoms with Crippen molar-refractivity contribution in [3.05, 3.63) is 12.2 Å². The largest absolute Gasteiger partial charge is 0.0911 e. The predicted octanol–water partition coefficient (Wildman–Crippen LogP) is 4.76. The van der Waals surface area contributed by atoms with E-state index in [9.17, 15) is 0 Å². The first-order valence-corrected chi connectivity index (χ1v) is 6.25. The number of rotatable bonds is 6. The van der Waals surface area contributed by atoms with Crippen LogP contribution in [0.1, 0.15) is 60.8 Å². The lowest BCUT2D eigenvalue weighted by atomic mass is 9.50. The van der Waals surface area contributed by atoms with E-state index in [0.717, 1.165) is 12.8 Å². The van der Waals surface area contributed by atoms with Crippen LogP contribution in [-0.2, 0) is 0 Å². The first kappa shape index (κ1) is 14.8. The summed E-state index contributed by atoms with van der Waals surface area (Å²) < 4.78 is 0. The molecule has 0 aromatic rings. The Labute approximate surface area is 97.9 Å². The van der Waals surface area contributed by atoms with Crippen molar-refractivity contribution in [2.45, 2.75) is 66.1 Å². The average Bonchev–Trinajstić information content (AvgIpc) is 2.17. The Morgan fingerprint density at radius 3 is 2.13 bits per heavy atom. The number of allylic oxidation sites excluding steroid dienone is 2. The summed E-state index contributed by atoms with van der Waals surface area (Å²) in [5, 5.41) is -0.107. The Morgan fingerprint density at radius 1 is 1.27 bits per heavy atom. The van der Waals surface area contributed by atoms with Gasteiger partial charge in [-0.25, -0.2) is 0 Å². The molecular weight excluding hydrogens is 179 g/mol. The third kappa shape index (κ3) is 3.70. The zero-order valence-electron chi connectivity index (χ0n) is 11.4. The summed E-state index contributed by atoms with van der Waals surface area (Å²) in [7, 11) is 6.52. The molecule has 3 atom stereocenters. The highest BCUT2D eigenvalue weighted by Crippen LogP contribution is 2.51. The Kier molecular flexibility index (Phi) is 5.70. The molecule has 3 unspecified atom stereocenters. The topological polar surface area (TPSA) is 0 Å². The second-order valence-electron chi connectivity index (χ2n) is 5.41. The molecular formula is C14H27B. The fraction of sp³-hybridized carbons (Fsp3) is 0.857. The monoisotopic (exact) mass is 206 g/mol. The van der Waals surface area contributed by atoms with Crippen LogP contribution >= 0.6 is 0 Å². The molecule has 86 valence electrons. The molecule has 0 nitrogen and oxygen atoms in total. The molecule has 0 saturated carbocycles. The van der Waals surface area contributed by atoms with Gasteiger partial charge < -0.3 is 0 Å². The van der Waals surface area contributed by atoms with E-state index in [1.165, 1.54) is 6.42 Å². The highest BCUT2D eigenvalue weighted by molar-refractivity contribution is 6.15. The van der Waals surface area contributed by atoms with Gasteiger partial charge in [-0.2, -0.15) is 0 Å². The molecule has 0 aliphatic carbocycles. The first-order valence-electron chi connectivity index (χ1n) is 6.25. The Bertz CT molecular complexity index is 205. The van der Waals surface area contributed by atoms with Crippen LogP contribution in [0, 0.1) is 11.3 Å². The molecule has 0 aromatic carbocycles. The van der Waals surface area contributed by atoms with Crippen molar-refractivity contribution >= 4 is 7.85 Å². The molecule has 0 bridgehead atoms. The van der Waals surface area contributed by atoms with E-state index in [4.69, 9.17) is 7.85 Å². The number of hydrogen-bond acceptors (Lipinski definition) is 0. The van der Waals surface area contributed by atoms with Gasteiger partial charge in [0.15, 0.2) is 0 Å². The summed E-state index contributed by atoms with van der Waals surface area (Å²) in [5.74, 6) is 0.705. The molecule has 0 aliphatic heterocycles. The van der Waals surface area contributed by atoms with E-state index >= 15 is 0 Å². The highest BCUT2D eigenvalue weighted by atomic mass is 14.4. The summed E-state index contributed by atoms with van der Waals surface area (Å²) in [6.07, 6.45) is 7.81. The summed E-state index contributed by atoms with van der Waals surface area (Å²) in [6.45, 7) is 13.3. The third-order valence-corrected chi connectivity index (χ3v) is 4.04. The average molecular weight is 206 g/mol. The van der Waals surface area contributed by atoms with Gasteiger partial charge in [-0.15, -0.1) is 0 Å². The van der Waals surface area contributed by atoms with Gasteiger partial charge in [0.05, 0.1) is 7.85 Å². The van der Waals surface area contributed by atoms with Crippen molar-refractivity contribution < 1.29 is 0 Å². The summed E-state index contributed by atoms with van der Waals surface area (Å²) in [5.41, 5.74) is 0.116. The molecule has 0 aliphatic rings. The van der Waals surface area contributed by atoms with Crippen molar-refractivity contribution in [1.29, 1.82) is 0 Å². The molecule has 0 rings (SSSR count). The zero-order valence-corrected chi connectivity index (χ0v) is 11.4. The molecule has 0 N–H and O–H groups in total. The van der Waals surface area contributed by atoms with Crippen molar-refractivity contribution in [3.63, 3.8) is 0 Å². The van der Waals surface area contributed by atoms with Crippen LogP contribution in [0.3, 0.4) is 0 Å². The van der Waals surface area contributed by atoms with E-state index in [-0.39, 0.29) is 10.7 Å². The summed E-state index contributed by atoms with van der Waals surface area (Å²) in [4.78, 5) is 0. The molecule has 15 heavy (non-hydrogen) atoms. The van der Waals surface area contributed by atoms with Crippen molar-refractivity contribution in [1.82, 2.24) is 0 Å². The lowest BCUT2D eigenvalue weighted by Crippen LogP contribution is -2.31. The standard InChI is InChI=1S/C14H27B/c1-7-10-13(5,9-3)14(6,15)11-12(4)8-2/h7,10,12H,8-9,11H2,1-6H3/b10-7+. The summed E-state index contributed by atoms with van der Waals surface area (Å²) in [6, 6.07) is 0. The fourth-order valence-corrected chi connectivity index (χ4v) is 2.18. The maximum absolute atomic E-state index is 6.52. The lowest BCUT2D eigenvalue weighted by Gasteiger charge is -2.44. The predicted molar refractivity (Wildman–Crippen MR) is 71.4 cm³/mol. The third-order valence-electron chi connectivity index (χ3n) is 4.04. The van der Waals surface area contributed by atoms with Crippen LogP contribution < -0.4 is 0 Å². The molecule has 0 fully saturated rings. The van der Waals surface area contributed by atoms with Gasteiger partial charge in [0.1, 0.15) is 0 Å². The van der Waals surface area contributed by atoms with Crippen molar-refractivity contribution in [2.75, 3.05) is 0 Å². The van der Waals surface area contributed by atoms with Crippen molar-refractivity contribution in [2.24, 2.45) is 11.3 Å².